The van der Waals surface area contributed by atoms with Gasteiger partial charge in [0.25, 0.3) is 0 Å². The van der Waals surface area contributed by atoms with Crippen LogP contribution in [0.25, 0.3) is 11.0 Å². The topological polar surface area (TPSA) is 59.3 Å². The highest BCUT2D eigenvalue weighted by molar-refractivity contribution is 5.93. The second-order valence-corrected chi connectivity index (χ2v) is 8.66. The first-order valence-electron chi connectivity index (χ1n) is 10.6. The zero-order valence-electron chi connectivity index (χ0n) is 18.8. The van der Waals surface area contributed by atoms with Crippen molar-refractivity contribution in [3.8, 4) is 0 Å². The van der Waals surface area contributed by atoms with Crippen LogP contribution < -0.4 is 10.9 Å². The minimum Gasteiger partial charge on any atom is -0.423 e. The SMILES string of the molecule is Cc1ccc2c(C)c(CCC(=O)Nc3c(C(C)C)cccc3C(C)C)c(=O)oc2c1. The van der Waals surface area contributed by atoms with Gasteiger partial charge in [-0.2, -0.15) is 0 Å². The van der Waals surface area contributed by atoms with E-state index in [4.69, 9.17) is 4.42 Å². The van der Waals surface area contributed by atoms with E-state index in [0.717, 1.165) is 33.3 Å². The minimum absolute atomic E-state index is 0.0900. The van der Waals surface area contributed by atoms with Crippen molar-refractivity contribution >= 4 is 22.6 Å². The zero-order chi connectivity index (χ0) is 22.0. The number of carbonyl (C=O) groups is 1. The van der Waals surface area contributed by atoms with E-state index in [9.17, 15) is 9.59 Å². The molecule has 3 aromatic rings. The van der Waals surface area contributed by atoms with Crippen molar-refractivity contribution in [3.63, 3.8) is 0 Å². The Morgan fingerprint density at radius 2 is 1.63 bits per heavy atom. The van der Waals surface area contributed by atoms with E-state index in [-0.39, 0.29) is 18.0 Å². The van der Waals surface area contributed by atoms with Crippen molar-refractivity contribution < 1.29 is 9.21 Å². The summed E-state index contributed by atoms with van der Waals surface area (Å²) < 4.78 is 5.52. The van der Waals surface area contributed by atoms with Gasteiger partial charge < -0.3 is 9.73 Å². The first kappa shape index (κ1) is 21.8. The highest BCUT2D eigenvalue weighted by atomic mass is 16.4. The molecule has 0 saturated heterocycles. The summed E-state index contributed by atoms with van der Waals surface area (Å²) in [6.07, 6.45) is 0.581. The number of carbonyl (C=O) groups excluding carboxylic acids is 1. The van der Waals surface area contributed by atoms with Gasteiger partial charge >= 0.3 is 5.63 Å². The fourth-order valence-corrected chi connectivity index (χ4v) is 3.93. The van der Waals surface area contributed by atoms with Crippen molar-refractivity contribution in [2.45, 2.75) is 66.2 Å². The van der Waals surface area contributed by atoms with E-state index < -0.39 is 0 Å². The lowest BCUT2D eigenvalue weighted by molar-refractivity contribution is -0.116. The molecule has 0 radical (unpaired) electrons. The predicted molar refractivity (Wildman–Crippen MR) is 124 cm³/mol. The van der Waals surface area contributed by atoms with Crippen LogP contribution in [0.1, 0.15) is 73.8 Å². The van der Waals surface area contributed by atoms with Gasteiger partial charge in [0.15, 0.2) is 0 Å². The summed E-state index contributed by atoms with van der Waals surface area (Å²) in [4.78, 5) is 25.3. The minimum atomic E-state index is -0.358. The lowest BCUT2D eigenvalue weighted by atomic mass is 9.92. The molecule has 0 unspecified atom stereocenters. The van der Waals surface area contributed by atoms with Gasteiger partial charge in [-0.05, 0) is 60.4 Å². The number of rotatable bonds is 6. The second kappa shape index (κ2) is 8.86. The quantitative estimate of drug-likeness (QED) is 0.495. The van der Waals surface area contributed by atoms with Crippen LogP contribution in [0.2, 0.25) is 0 Å². The average Bonchev–Trinajstić information content (AvgIpc) is 2.67. The Hall–Kier alpha value is -2.88. The Kier molecular flexibility index (Phi) is 6.45. The number of benzene rings is 2. The molecule has 1 heterocycles. The molecule has 0 atom stereocenters. The van der Waals surface area contributed by atoms with E-state index in [1.165, 1.54) is 0 Å². The molecule has 4 nitrogen and oxygen atoms in total. The van der Waals surface area contributed by atoms with E-state index in [2.05, 4.69) is 45.1 Å². The van der Waals surface area contributed by atoms with Crippen molar-refractivity contribution in [3.05, 3.63) is 74.6 Å². The molecule has 0 saturated carbocycles. The Balaban J connectivity index is 1.84. The van der Waals surface area contributed by atoms with Crippen LogP contribution in [0.4, 0.5) is 5.69 Å². The number of nitrogens with one attached hydrogen (secondary N) is 1. The monoisotopic (exact) mass is 405 g/mol. The molecule has 0 aliphatic rings. The predicted octanol–water partition coefficient (Wildman–Crippen LogP) is 6.23. The number of amides is 1. The molecule has 1 aromatic heterocycles. The maximum Gasteiger partial charge on any atom is 0.339 e. The third-order valence-corrected chi connectivity index (χ3v) is 5.68. The standard InChI is InChI=1S/C26H31NO3/c1-15(2)19-8-7-9-20(16(3)4)25(19)27-24(28)13-12-22-18(6)21-11-10-17(5)14-23(21)30-26(22)29/h7-11,14-16H,12-13H2,1-6H3,(H,27,28). The largest absolute Gasteiger partial charge is 0.423 e. The average molecular weight is 406 g/mol. The van der Waals surface area contributed by atoms with Gasteiger partial charge in [0, 0.05) is 23.1 Å². The molecule has 30 heavy (non-hydrogen) atoms. The van der Waals surface area contributed by atoms with Gasteiger partial charge in [-0.1, -0.05) is 58.0 Å². The number of hydrogen-bond donors (Lipinski definition) is 1. The zero-order valence-corrected chi connectivity index (χ0v) is 18.8. The Labute approximate surface area is 178 Å². The Bertz CT molecular complexity index is 1110. The number of para-hydroxylation sites is 1. The van der Waals surface area contributed by atoms with Crippen LogP contribution in [0.5, 0.6) is 0 Å². The Morgan fingerprint density at radius 3 is 2.23 bits per heavy atom. The van der Waals surface area contributed by atoms with Crippen LogP contribution in [0.3, 0.4) is 0 Å². The first-order chi connectivity index (χ1) is 14.2. The highest BCUT2D eigenvalue weighted by Crippen LogP contribution is 2.32. The number of hydrogen-bond acceptors (Lipinski definition) is 3. The summed E-state index contributed by atoms with van der Waals surface area (Å²) in [5.41, 5.74) is 5.91. The molecular weight excluding hydrogens is 374 g/mol. The Morgan fingerprint density at radius 1 is 1.00 bits per heavy atom. The molecule has 0 aliphatic carbocycles. The molecule has 0 bridgehead atoms. The van der Waals surface area contributed by atoms with Crippen LogP contribution >= 0.6 is 0 Å². The van der Waals surface area contributed by atoms with Crippen LogP contribution in [-0.2, 0) is 11.2 Å². The van der Waals surface area contributed by atoms with E-state index in [0.29, 0.717) is 29.4 Å². The number of fused-ring (bicyclic) bond motifs is 1. The number of aryl methyl sites for hydroxylation is 2. The highest BCUT2D eigenvalue weighted by Gasteiger charge is 2.17. The summed E-state index contributed by atoms with van der Waals surface area (Å²) in [5.74, 6) is 0.516. The fraction of sp³-hybridized carbons (Fsp3) is 0.385. The van der Waals surface area contributed by atoms with Crippen molar-refractivity contribution in [2.24, 2.45) is 0 Å². The molecule has 3 rings (SSSR count). The maximum atomic E-state index is 12.8. The normalized spacial score (nSPS) is 11.5. The third-order valence-electron chi connectivity index (χ3n) is 5.68. The molecule has 0 aliphatic heterocycles. The molecule has 2 aromatic carbocycles. The van der Waals surface area contributed by atoms with Gasteiger partial charge in [-0.3, -0.25) is 4.79 Å². The first-order valence-corrected chi connectivity index (χ1v) is 10.6. The maximum absolute atomic E-state index is 12.8. The molecule has 0 fully saturated rings. The smallest absolute Gasteiger partial charge is 0.339 e. The van der Waals surface area contributed by atoms with Crippen LogP contribution in [-0.4, -0.2) is 5.91 Å². The summed E-state index contributed by atoms with van der Waals surface area (Å²) in [6.45, 7) is 12.4. The molecule has 1 N–H and O–H groups in total. The summed E-state index contributed by atoms with van der Waals surface area (Å²) in [7, 11) is 0. The van der Waals surface area contributed by atoms with Crippen LogP contribution in [0.15, 0.2) is 45.6 Å². The van der Waals surface area contributed by atoms with E-state index in [1.54, 1.807) is 0 Å². The second-order valence-electron chi connectivity index (χ2n) is 8.66. The van der Waals surface area contributed by atoms with Gasteiger partial charge in [0.05, 0.1) is 0 Å². The van der Waals surface area contributed by atoms with Crippen LogP contribution in [0, 0.1) is 13.8 Å². The van der Waals surface area contributed by atoms with Crippen molar-refractivity contribution in [1.82, 2.24) is 0 Å². The van der Waals surface area contributed by atoms with Gasteiger partial charge in [0.1, 0.15) is 5.58 Å². The molecule has 1 amide bonds. The van der Waals surface area contributed by atoms with Crippen molar-refractivity contribution in [1.29, 1.82) is 0 Å². The summed E-state index contributed by atoms with van der Waals surface area (Å²) >= 11 is 0. The third kappa shape index (κ3) is 4.48. The summed E-state index contributed by atoms with van der Waals surface area (Å²) in [6, 6.07) is 12.0. The van der Waals surface area contributed by atoms with E-state index in [1.807, 2.05) is 38.1 Å². The molecule has 4 heteroatoms. The van der Waals surface area contributed by atoms with Gasteiger partial charge in [-0.15, -0.1) is 0 Å². The fourth-order valence-electron chi connectivity index (χ4n) is 3.93. The lowest BCUT2D eigenvalue weighted by Gasteiger charge is -2.20. The molecular formula is C26H31NO3. The van der Waals surface area contributed by atoms with Gasteiger partial charge in [-0.25, -0.2) is 4.79 Å². The number of anilines is 1. The lowest BCUT2D eigenvalue weighted by Crippen LogP contribution is -2.18. The molecule has 0 spiro atoms. The van der Waals surface area contributed by atoms with Crippen molar-refractivity contribution in [2.75, 3.05) is 5.32 Å². The summed E-state index contributed by atoms with van der Waals surface area (Å²) in [5, 5.41) is 4.04. The molecule has 158 valence electrons. The van der Waals surface area contributed by atoms with Gasteiger partial charge in [0.2, 0.25) is 5.91 Å². The van der Waals surface area contributed by atoms with E-state index >= 15 is 0 Å².